The molecule has 1 N–H and O–H groups in total. The van der Waals surface area contributed by atoms with Crippen LogP contribution in [0.1, 0.15) is 43.0 Å². The Hall–Kier alpha value is -1.96. The Balaban J connectivity index is 1.83. The van der Waals surface area contributed by atoms with Gasteiger partial charge in [-0.15, -0.1) is 0 Å². The van der Waals surface area contributed by atoms with Crippen LogP contribution in [0.2, 0.25) is 0 Å². The molecule has 0 atom stereocenters. The molecule has 2 nitrogen and oxygen atoms in total. The summed E-state index contributed by atoms with van der Waals surface area (Å²) >= 11 is 0. The van der Waals surface area contributed by atoms with E-state index in [0.29, 0.717) is 0 Å². The largest absolute Gasteiger partial charge is 0.382 e. The lowest BCUT2D eigenvalue weighted by molar-refractivity contribution is 0.590. The van der Waals surface area contributed by atoms with Crippen molar-refractivity contribution in [1.29, 1.82) is 0 Å². The molecule has 3 rings (SSSR count). The van der Waals surface area contributed by atoms with Crippen LogP contribution in [0.15, 0.2) is 36.4 Å². The Labute approximate surface area is 140 Å². The third-order valence-electron chi connectivity index (χ3n) is 4.84. The molecule has 1 heterocycles. The molecular weight excluding hydrogens is 280 g/mol. The lowest BCUT2D eigenvalue weighted by Gasteiger charge is -2.33. The second-order valence-electron chi connectivity index (χ2n) is 7.75. The number of benzene rings is 2. The molecule has 0 amide bonds. The summed E-state index contributed by atoms with van der Waals surface area (Å²) < 4.78 is 0. The van der Waals surface area contributed by atoms with Gasteiger partial charge in [-0.05, 0) is 53.6 Å². The van der Waals surface area contributed by atoms with E-state index in [-0.39, 0.29) is 5.41 Å². The SMILES string of the molecule is Cc1cc2c(cc1C)N(Cc1ccc(C(C)(C)C)cc1)CCN2. The average molecular weight is 308 g/mol. The van der Waals surface area contributed by atoms with E-state index in [0.717, 1.165) is 19.6 Å². The Morgan fingerprint density at radius 3 is 2.30 bits per heavy atom. The highest BCUT2D eigenvalue weighted by Crippen LogP contribution is 2.33. The predicted octanol–water partition coefficient (Wildman–Crippen LogP) is 5.03. The summed E-state index contributed by atoms with van der Waals surface area (Å²) in [4.78, 5) is 2.49. The molecule has 0 fully saturated rings. The number of nitrogens with zero attached hydrogens (tertiary/aromatic N) is 1. The van der Waals surface area contributed by atoms with Crippen LogP contribution in [0.4, 0.5) is 11.4 Å². The molecular formula is C21H28N2. The fraction of sp³-hybridized carbons (Fsp3) is 0.429. The van der Waals surface area contributed by atoms with E-state index in [1.807, 2.05) is 0 Å². The van der Waals surface area contributed by atoms with E-state index >= 15 is 0 Å². The summed E-state index contributed by atoms with van der Waals surface area (Å²) in [6.45, 7) is 14.2. The standard InChI is InChI=1S/C21H28N2/c1-15-12-19-20(13-16(15)2)23(11-10-22-19)14-17-6-8-18(9-7-17)21(3,4)5/h6-9,12-13,22H,10-11,14H2,1-5H3. The molecule has 0 unspecified atom stereocenters. The van der Waals surface area contributed by atoms with Crippen LogP contribution in [0, 0.1) is 13.8 Å². The first-order valence-electron chi connectivity index (χ1n) is 8.54. The minimum atomic E-state index is 0.217. The van der Waals surface area contributed by atoms with Gasteiger partial charge in [0.25, 0.3) is 0 Å². The maximum atomic E-state index is 3.53. The van der Waals surface area contributed by atoms with Crippen molar-refractivity contribution in [2.45, 2.75) is 46.6 Å². The average Bonchev–Trinajstić information content (AvgIpc) is 2.49. The summed E-state index contributed by atoms with van der Waals surface area (Å²) in [6, 6.07) is 13.7. The minimum absolute atomic E-state index is 0.217. The zero-order chi connectivity index (χ0) is 16.6. The third-order valence-corrected chi connectivity index (χ3v) is 4.84. The van der Waals surface area contributed by atoms with Gasteiger partial charge < -0.3 is 10.2 Å². The van der Waals surface area contributed by atoms with Crippen molar-refractivity contribution in [2.24, 2.45) is 0 Å². The molecule has 2 heteroatoms. The normalized spacial score (nSPS) is 14.4. The molecule has 0 radical (unpaired) electrons. The smallest absolute Gasteiger partial charge is 0.0608 e. The number of nitrogens with one attached hydrogen (secondary N) is 1. The number of aryl methyl sites for hydroxylation is 2. The van der Waals surface area contributed by atoms with Gasteiger partial charge in [0.05, 0.1) is 11.4 Å². The molecule has 0 spiro atoms. The van der Waals surface area contributed by atoms with Crippen molar-refractivity contribution in [2.75, 3.05) is 23.3 Å². The van der Waals surface area contributed by atoms with Crippen molar-refractivity contribution in [3.05, 3.63) is 58.7 Å². The first kappa shape index (κ1) is 15.9. The van der Waals surface area contributed by atoms with Crippen LogP contribution in [-0.2, 0) is 12.0 Å². The Bertz CT molecular complexity index is 693. The van der Waals surface area contributed by atoms with Crippen LogP contribution in [0.5, 0.6) is 0 Å². The Kier molecular flexibility index (Phi) is 4.09. The molecule has 23 heavy (non-hydrogen) atoms. The first-order chi connectivity index (χ1) is 10.8. The number of fused-ring (bicyclic) bond motifs is 1. The van der Waals surface area contributed by atoms with E-state index in [1.54, 1.807) is 0 Å². The van der Waals surface area contributed by atoms with Crippen molar-refractivity contribution in [3.8, 4) is 0 Å². The van der Waals surface area contributed by atoms with E-state index in [9.17, 15) is 0 Å². The van der Waals surface area contributed by atoms with Crippen LogP contribution in [0.25, 0.3) is 0 Å². The van der Waals surface area contributed by atoms with Crippen LogP contribution in [-0.4, -0.2) is 13.1 Å². The number of hydrogen-bond donors (Lipinski definition) is 1. The van der Waals surface area contributed by atoms with E-state index in [2.05, 4.69) is 81.2 Å². The monoisotopic (exact) mass is 308 g/mol. The lowest BCUT2D eigenvalue weighted by atomic mass is 9.87. The predicted molar refractivity (Wildman–Crippen MR) is 101 cm³/mol. The zero-order valence-corrected chi connectivity index (χ0v) is 15.0. The van der Waals surface area contributed by atoms with E-state index in [1.165, 1.54) is 33.6 Å². The summed E-state index contributed by atoms with van der Waals surface area (Å²) in [6.07, 6.45) is 0. The van der Waals surface area contributed by atoms with Crippen LogP contribution >= 0.6 is 0 Å². The molecule has 0 saturated heterocycles. The van der Waals surface area contributed by atoms with Gasteiger partial charge in [-0.2, -0.15) is 0 Å². The molecule has 0 aliphatic carbocycles. The highest BCUT2D eigenvalue weighted by Gasteiger charge is 2.18. The first-order valence-corrected chi connectivity index (χ1v) is 8.54. The highest BCUT2D eigenvalue weighted by molar-refractivity contribution is 5.74. The topological polar surface area (TPSA) is 15.3 Å². The minimum Gasteiger partial charge on any atom is -0.382 e. The van der Waals surface area contributed by atoms with Gasteiger partial charge in [0, 0.05) is 19.6 Å². The lowest BCUT2D eigenvalue weighted by Crippen LogP contribution is -2.33. The fourth-order valence-electron chi connectivity index (χ4n) is 3.14. The molecule has 122 valence electrons. The Morgan fingerprint density at radius 2 is 1.65 bits per heavy atom. The van der Waals surface area contributed by atoms with Crippen molar-refractivity contribution in [3.63, 3.8) is 0 Å². The molecule has 0 saturated carbocycles. The number of rotatable bonds is 2. The van der Waals surface area contributed by atoms with Gasteiger partial charge in [-0.3, -0.25) is 0 Å². The summed E-state index contributed by atoms with van der Waals surface area (Å²) in [5.74, 6) is 0. The van der Waals surface area contributed by atoms with Gasteiger partial charge in [0.15, 0.2) is 0 Å². The fourth-order valence-corrected chi connectivity index (χ4v) is 3.14. The quantitative estimate of drug-likeness (QED) is 0.836. The summed E-state index contributed by atoms with van der Waals surface area (Å²) in [5.41, 5.74) is 8.31. The van der Waals surface area contributed by atoms with Gasteiger partial charge in [-0.1, -0.05) is 45.0 Å². The molecule has 1 aliphatic rings. The van der Waals surface area contributed by atoms with Gasteiger partial charge in [-0.25, -0.2) is 0 Å². The van der Waals surface area contributed by atoms with E-state index < -0.39 is 0 Å². The van der Waals surface area contributed by atoms with Gasteiger partial charge in [0.1, 0.15) is 0 Å². The summed E-state index contributed by atoms with van der Waals surface area (Å²) in [5, 5.41) is 3.53. The third kappa shape index (κ3) is 3.36. The molecule has 2 aromatic rings. The maximum absolute atomic E-state index is 3.53. The van der Waals surface area contributed by atoms with Crippen molar-refractivity contribution >= 4 is 11.4 Å². The van der Waals surface area contributed by atoms with E-state index in [4.69, 9.17) is 0 Å². The van der Waals surface area contributed by atoms with Crippen LogP contribution in [0.3, 0.4) is 0 Å². The van der Waals surface area contributed by atoms with Crippen molar-refractivity contribution in [1.82, 2.24) is 0 Å². The molecule has 0 bridgehead atoms. The second-order valence-corrected chi connectivity index (χ2v) is 7.75. The van der Waals surface area contributed by atoms with Crippen LogP contribution < -0.4 is 10.2 Å². The number of hydrogen-bond acceptors (Lipinski definition) is 2. The summed E-state index contributed by atoms with van der Waals surface area (Å²) in [7, 11) is 0. The highest BCUT2D eigenvalue weighted by atomic mass is 15.2. The Morgan fingerprint density at radius 1 is 1.00 bits per heavy atom. The number of anilines is 2. The van der Waals surface area contributed by atoms with Crippen molar-refractivity contribution < 1.29 is 0 Å². The zero-order valence-electron chi connectivity index (χ0n) is 15.0. The second kappa shape index (κ2) is 5.92. The molecule has 2 aromatic carbocycles. The molecule has 0 aromatic heterocycles. The van der Waals surface area contributed by atoms with Gasteiger partial charge >= 0.3 is 0 Å². The van der Waals surface area contributed by atoms with Gasteiger partial charge in [0.2, 0.25) is 0 Å². The maximum Gasteiger partial charge on any atom is 0.0608 e. The molecule has 1 aliphatic heterocycles.